The predicted molar refractivity (Wildman–Crippen MR) is 135 cm³/mol. The van der Waals surface area contributed by atoms with Gasteiger partial charge in [0.25, 0.3) is 0 Å². The Bertz CT molecular complexity index is 1060. The van der Waals surface area contributed by atoms with Gasteiger partial charge in [-0.2, -0.15) is 5.10 Å². The Hall–Kier alpha value is -3.10. The molecular formula is C23H24ClN5O2S. The Morgan fingerprint density at radius 2 is 1.88 bits per heavy atom. The average molecular weight is 470 g/mol. The number of nitrogens with zero attached hydrogens (tertiary/aromatic N) is 3. The van der Waals surface area contributed by atoms with Crippen LogP contribution in [0.25, 0.3) is 6.08 Å². The zero-order chi connectivity index (χ0) is 23.1. The molecule has 0 saturated carbocycles. The van der Waals surface area contributed by atoms with Crippen LogP contribution in [0.3, 0.4) is 0 Å². The number of allylic oxidation sites excluding steroid dienone is 1. The lowest BCUT2D eigenvalue weighted by Gasteiger charge is -2.21. The minimum absolute atomic E-state index is 0.0641. The smallest absolute Gasteiger partial charge is 0.238 e. The first-order chi connectivity index (χ1) is 15.3. The third kappa shape index (κ3) is 6.96. The molecule has 2 amide bonds. The zero-order valence-electron chi connectivity index (χ0n) is 18.0. The van der Waals surface area contributed by atoms with Crippen LogP contribution in [0.1, 0.15) is 18.9 Å². The van der Waals surface area contributed by atoms with Gasteiger partial charge in [0, 0.05) is 36.9 Å². The van der Waals surface area contributed by atoms with Crippen LogP contribution in [0.2, 0.25) is 5.02 Å². The second-order valence-electron chi connectivity index (χ2n) is 7.32. The van der Waals surface area contributed by atoms with E-state index in [2.05, 4.69) is 20.8 Å². The maximum absolute atomic E-state index is 12.6. The highest BCUT2D eigenvalue weighted by Gasteiger charge is 2.30. The van der Waals surface area contributed by atoms with E-state index in [0.717, 1.165) is 11.3 Å². The van der Waals surface area contributed by atoms with Crippen LogP contribution in [0.15, 0.2) is 64.8 Å². The van der Waals surface area contributed by atoms with Crippen molar-refractivity contribution in [3.63, 3.8) is 0 Å². The molecule has 2 aromatic carbocycles. The quantitative estimate of drug-likeness (QED) is 0.484. The topological polar surface area (TPSA) is 86.2 Å². The zero-order valence-corrected chi connectivity index (χ0v) is 19.6. The van der Waals surface area contributed by atoms with E-state index in [0.29, 0.717) is 21.6 Å². The van der Waals surface area contributed by atoms with Crippen molar-refractivity contribution in [2.75, 3.05) is 24.3 Å². The van der Waals surface area contributed by atoms with Gasteiger partial charge in [-0.25, -0.2) is 0 Å². The molecule has 7 nitrogen and oxygen atoms in total. The maximum atomic E-state index is 12.6. The molecule has 0 aliphatic carbocycles. The fourth-order valence-electron chi connectivity index (χ4n) is 2.75. The molecule has 1 atom stereocenters. The van der Waals surface area contributed by atoms with Gasteiger partial charge in [-0.3, -0.25) is 9.59 Å². The van der Waals surface area contributed by atoms with Gasteiger partial charge in [0.05, 0.1) is 5.71 Å². The van der Waals surface area contributed by atoms with Gasteiger partial charge >= 0.3 is 0 Å². The summed E-state index contributed by atoms with van der Waals surface area (Å²) in [4.78, 5) is 26.6. The van der Waals surface area contributed by atoms with E-state index in [1.54, 1.807) is 24.3 Å². The molecule has 0 unspecified atom stereocenters. The number of carbonyl (C=O) groups excluding carboxylic acids is 2. The van der Waals surface area contributed by atoms with Gasteiger partial charge in [-0.1, -0.05) is 41.6 Å². The standard InChI is InChI=1S/C23H24ClN5O2S/c1-15(4-5-16-6-12-19(13-7-16)29(2)3)27-28-23-26-21(30)14-20(32-23)22(31)25-18-10-8-17(24)9-11-18/h4-13,20H,14H2,1-3H3,(H,25,31)(H,26,28,30)/b5-4+,27-15+/t20-/m1/s1. The van der Waals surface area contributed by atoms with E-state index < -0.39 is 5.25 Å². The van der Waals surface area contributed by atoms with Crippen LogP contribution in [0.4, 0.5) is 11.4 Å². The highest BCUT2D eigenvalue weighted by molar-refractivity contribution is 8.15. The molecule has 32 heavy (non-hydrogen) atoms. The maximum Gasteiger partial charge on any atom is 0.238 e. The summed E-state index contributed by atoms with van der Waals surface area (Å²) in [5.41, 5.74) is 3.44. The minimum Gasteiger partial charge on any atom is -0.378 e. The number of amidine groups is 1. The fourth-order valence-corrected chi connectivity index (χ4v) is 3.81. The van der Waals surface area contributed by atoms with Crippen molar-refractivity contribution in [3.05, 3.63) is 65.2 Å². The van der Waals surface area contributed by atoms with Gasteiger partial charge in [-0.05, 0) is 55.0 Å². The predicted octanol–water partition coefficient (Wildman–Crippen LogP) is 4.41. The lowest BCUT2D eigenvalue weighted by molar-refractivity contribution is -0.123. The highest BCUT2D eigenvalue weighted by atomic mass is 35.5. The van der Waals surface area contributed by atoms with Crippen molar-refractivity contribution in [2.24, 2.45) is 10.2 Å². The fraction of sp³-hybridized carbons (Fsp3) is 0.217. The summed E-state index contributed by atoms with van der Waals surface area (Å²) >= 11 is 7.04. The Balaban J connectivity index is 1.62. The number of rotatable bonds is 6. The Morgan fingerprint density at radius 3 is 2.53 bits per heavy atom. The molecule has 0 bridgehead atoms. The number of hydrogen-bond donors (Lipinski definition) is 2. The molecule has 1 aliphatic rings. The van der Waals surface area contributed by atoms with Crippen molar-refractivity contribution < 1.29 is 9.59 Å². The van der Waals surface area contributed by atoms with E-state index in [4.69, 9.17) is 11.6 Å². The van der Waals surface area contributed by atoms with Crippen molar-refractivity contribution in [3.8, 4) is 0 Å². The first-order valence-corrected chi connectivity index (χ1v) is 11.2. The molecule has 1 saturated heterocycles. The summed E-state index contributed by atoms with van der Waals surface area (Å²) in [5.74, 6) is -0.551. The molecule has 3 rings (SSSR count). The Morgan fingerprint density at radius 1 is 1.19 bits per heavy atom. The second kappa shape index (κ2) is 11.0. The molecule has 0 radical (unpaired) electrons. The van der Waals surface area contributed by atoms with Crippen LogP contribution in [0, 0.1) is 0 Å². The van der Waals surface area contributed by atoms with Crippen molar-refractivity contribution in [1.29, 1.82) is 0 Å². The summed E-state index contributed by atoms with van der Waals surface area (Å²) in [7, 11) is 3.99. The van der Waals surface area contributed by atoms with Crippen LogP contribution < -0.4 is 15.5 Å². The van der Waals surface area contributed by atoms with Crippen LogP contribution in [-0.2, 0) is 9.59 Å². The van der Waals surface area contributed by atoms with Crippen molar-refractivity contribution in [2.45, 2.75) is 18.6 Å². The highest BCUT2D eigenvalue weighted by Crippen LogP contribution is 2.23. The largest absolute Gasteiger partial charge is 0.378 e. The molecule has 0 spiro atoms. The normalized spacial score (nSPS) is 18.0. The van der Waals surface area contributed by atoms with Gasteiger partial charge in [0.15, 0.2) is 5.17 Å². The van der Waals surface area contributed by atoms with E-state index in [9.17, 15) is 9.59 Å². The van der Waals surface area contributed by atoms with Gasteiger partial charge < -0.3 is 15.5 Å². The van der Waals surface area contributed by atoms with Crippen LogP contribution in [0.5, 0.6) is 0 Å². The third-order valence-corrected chi connectivity index (χ3v) is 5.82. The van der Waals surface area contributed by atoms with Gasteiger partial charge in [-0.15, -0.1) is 5.10 Å². The minimum atomic E-state index is -0.598. The summed E-state index contributed by atoms with van der Waals surface area (Å²) in [6.45, 7) is 1.81. The number of benzene rings is 2. The number of amides is 2. The number of hydrogen-bond acceptors (Lipinski definition) is 6. The molecule has 1 heterocycles. The molecule has 2 aromatic rings. The lowest BCUT2D eigenvalue weighted by Crippen LogP contribution is -2.41. The lowest BCUT2D eigenvalue weighted by atomic mass is 10.2. The number of halogens is 1. The van der Waals surface area contributed by atoms with Crippen LogP contribution >= 0.6 is 23.4 Å². The Kier molecular flexibility index (Phi) is 8.08. The van der Waals surface area contributed by atoms with Crippen molar-refractivity contribution in [1.82, 2.24) is 5.32 Å². The third-order valence-electron chi connectivity index (χ3n) is 4.50. The first kappa shape index (κ1) is 23.6. The SMILES string of the molecule is CC(/C=C/c1ccc(N(C)C)cc1)=N\N=C1NC(=O)C[C@H](C(=O)Nc2ccc(Cl)cc2)S1. The van der Waals surface area contributed by atoms with E-state index in [1.807, 2.05) is 62.3 Å². The number of anilines is 2. The first-order valence-electron chi connectivity index (χ1n) is 9.91. The second-order valence-corrected chi connectivity index (χ2v) is 8.95. The van der Waals surface area contributed by atoms with Crippen LogP contribution in [-0.4, -0.2) is 42.0 Å². The van der Waals surface area contributed by atoms with E-state index >= 15 is 0 Å². The van der Waals surface area contributed by atoms with E-state index in [1.165, 1.54) is 11.8 Å². The number of carbonyl (C=O) groups is 2. The van der Waals surface area contributed by atoms with Gasteiger partial charge in [0.2, 0.25) is 11.8 Å². The molecule has 0 aromatic heterocycles. The Labute approximate surface area is 196 Å². The average Bonchev–Trinajstić information content (AvgIpc) is 2.77. The van der Waals surface area contributed by atoms with E-state index in [-0.39, 0.29) is 18.2 Å². The summed E-state index contributed by atoms with van der Waals surface area (Å²) in [6.07, 6.45) is 3.84. The van der Waals surface area contributed by atoms with Crippen molar-refractivity contribution >= 4 is 63.5 Å². The monoisotopic (exact) mass is 469 g/mol. The summed E-state index contributed by atoms with van der Waals surface area (Å²) in [6, 6.07) is 14.9. The number of thioether (sulfide) groups is 1. The number of nitrogens with one attached hydrogen (secondary N) is 2. The summed E-state index contributed by atoms with van der Waals surface area (Å²) < 4.78 is 0. The van der Waals surface area contributed by atoms with Gasteiger partial charge in [0.1, 0.15) is 5.25 Å². The molecule has 166 valence electrons. The molecule has 9 heteroatoms. The molecule has 1 aliphatic heterocycles. The molecule has 2 N–H and O–H groups in total. The molecule has 1 fully saturated rings. The molecular weight excluding hydrogens is 446 g/mol. The summed E-state index contributed by atoms with van der Waals surface area (Å²) in [5, 5.41) is 14.0.